The molecule has 12 heavy (non-hydrogen) atoms. The lowest BCUT2D eigenvalue weighted by atomic mass is 10.0. The van der Waals surface area contributed by atoms with Crippen molar-refractivity contribution >= 4 is 5.91 Å². The van der Waals surface area contributed by atoms with Gasteiger partial charge in [0.15, 0.2) is 0 Å². The molecule has 2 heteroatoms. The first-order valence-corrected chi connectivity index (χ1v) is 4.13. The van der Waals surface area contributed by atoms with Crippen LogP contribution in [0, 0.1) is 0 Å². The smallest absolute Gasteiger partial charge is 0.223 e. The van der Waals surface area contributed by atoms with Gasteiger partial charge in [-0.1, -0.05) is 18.2 Å². The molecule has 1 heterocycles. The first-order chi connectivity index (χ1) is 5.79. The van der Waals surface area contributed by atoms with E-state index in [0.717, 1.165) is 6.42 Å². The summed E-state index contributed by atoms with van der Waals surface area (Å²) in [4.78, 5) is 12.9. The standard InChI is InChI=1S/C10H11NO/c1-8(12)11-7-6-9-4-2-3-5-10(9)11/h2-4,6-7,10H,5H2,1H3. The average molecular weight is 161 g/mol. The fraction of sp³-hybridized carbons (Fsp3) is 0.300. The Morgan fingerprint density at radius 1 is 1.67 bits per heavy atom. The maximum atomic E-state index is 11.1. The molecule has 0 fully saturated rings. The lowest BCUT2D eigenvalue weighted by Gasteiger charge is -2.23. The van der Waals surface area contributed by atoms with Crippen molar-refractivity contribution in [1.29, 1.82) is 0 Å². The molecule has 62 valence electrons. The van der Waals surface area contributed by atoms with Crippen molar-refractivity contribution in [3.05, 3.63) is 36.1 Å². The average Bonchev–Trinajstić information content (AvgIpc) is 2.47. The molecule has 0 radical (unpaired) electrons. The minimum absolute atomic E-state index is 0.120. The summed E-state index contributed by atoms with van der Waals surface area (Å²) in [6, 6.07) is 0.271. The Kier molecular flexibility index (Phi) is 1.61. The van der Waals surface area contributed by atoms with Crippen molar-refractivity contribution in [3.63, 3.8) is 0 Å². The number of amides is 1. The highest BCUT2D eigenvalue weighted by Crippen LogP contribution is 2.26. The van der Waals surface area contributed by atoms with Crippen LogP contribution in [0.2, 0.25) is 0 Å². The van der Waals surface area contributed by atoms with Gasteiger partial charge in [-0.15, -0.1) is 0 Å². The van der Waals surface area contributed by atoms with E-state index in [-0.39, 0.29) is 11.9 Å². The van der Waals surface area contributed by atoms with Gasteiger partial charge in [-0.3, -0.25) is 4.79 Å². The maximum absolute atomic E-state index is 11.1. The fourth-order valence-electron chi connectivity index (χ4n) is 1.67. The van der Waals surface area contributed by atoms with E-state index in [1.807, 2.05) is 18.4 Å². The molecule has 2 aliphatic rings. The Balaban J connectivity index is 2.26. The second-order valence-electron chi connectivity index (χ2n) is 3.09. The summed E-state index contributed by atoms with van der Waals surface area (Å²) in [7, 11) is 0. The van der Waals surface area contributed by atoms with Gasteiger partial charge >= 0.3 is 0 Å². The Morgan fingerprint density at radius 2 is 2.50 bits per heavy atom. The van der Waals surface area contributed by atoms with Gasteiger partial charge in [-0.05, 0) is 18.1 Å². The third kappa shape index (κ3) is 0.998. The molecule has 0 aromatic carbocycles. The summed E-state index contributed by atoms with van der Waals surface area (Å²) < 4.78 is 0. The normalized spacial score (nSPS) is 25.6. The summed E-state index contributed by atoms with van der Waals surface area (Å²) >= 11 is 0. The van der Waals surface area contributed by atoms with Crippen molar-refractivity contribution < 1.29 is 4.79 Å². The summed E-state index contributed by atoms with van der Waals surface area (Å²) in [5.74, 6) is 0.120. The monoisotopic (exact) mass is 161 g/mol. The highest BCUT2D eigenvalue weighted by molar-refractivity contribution is 5.76. The highest BCUT2D eigenvalue weighted by atomic mass is 16.2. The number of carbonyl (C=O) groups is 1. The van der Waals surface area contributed by atoms with Crippen molar-refractivity contribution in [2.45, 2.75) is 19.4 Å². The zero-order valence-corrected chi connectivity index (χ0v) is 7.03. The topological polar surface area (TPSA) is 20.3 Å². The number of hydrogen-bond donors (Lipinski definition) is 0. The summed E-state index contributed by atoms with van der Waals surface area (Å²) in [5, 5.41) is 0. The van der Waals surface area contributed by atoms with E-state index in [9.17, 15) is 4.79 Å². The maximum Gasteiger partial charge on any atom is 0.223 e. The molecule has 2 rings (SSSR count). The molecular formula is C10H11NO. The van der Waals surface area contributed by atoms with Crippen LogP contribution < -0.4 is 0 Å². The molecule has 1 aliphatic carbocycles. The molecule has 0 bridgehead atoms. The summed E-state index contributed by atoms with van der Waals surface area (Å²) in [6.45, 7) is 1.60. The summed E-state index contributed by atoms with van der Waals surface area (Å²) in [5.41, 5.74) is 1.24. The Labute approximate surface area is 71.9 Å². The van der Waals surface area contributed by atoms with Crippen molar-refractivity contribution in [2.75, 3.05) is 0 Å². The van der Waals surface area contributed by atoms with Crippen molar-refractivity contribution in [1.82, 2.24) is 4.90 Å². The first kappa shape index (κ1) is 7.35. The van der Waals surface area contributed by atoms with E-state index in [1.165, 1.54) is 5.57 Å². The Bertz CT molecular complexity index is 299. The van der Waals surface area contributed by atoms with E-state index in [1.54, 1.807) is 11.8 Å². The minimum Gasteiger partial charge on any atom is -0.312 e. The van der Waals surface area contributed by atoms with Crippen LogP contribution in [0.15, 0.2) is 36.1 Å². The third-order valence-electron chi connectivity index (χ3n) is 2.30. The van der Waals surface area contributed by atoms with Gasteiger partial charge in [-0.25, -0.2) is 0 Å². The largest absolute Gasteiger partial charge is 0.312 e. The van der Waals surface area contributed by atoms with E-state index in [0.29, 0.717) is 0 Å². The molecule has 0 saturated heterocycles. The Morgan fingerprint density at radius 3 is 3.25 bits per heavy atom. The number of fused-ring (bicyclic) bond motifs is 1. The van der Waals surface area contributed by atoms with Crippen LogP contribution in [0.25, 0.3) is 0 Å². The number of hydrogen-bond acceptors (Lipinski definition) is 1. The quantitative estimate of drug-likeness (QED) is 0.528. The molecular weight excluding hydrogens is 150 g/mol. The minimum atomic E-state index is 0.120. The molecule has 0 aromatic rings. The second-order valence-corrected chi connectivity index (χ2v) is 3.09. The highest BCUT2D eigenvalue weighted by Gasteiger charge is 2.26. The molecule has 0 aromatic heterocycles. The second kappa shape index (κ2) is 2.63. The van der Waals surface area contributed by atoms with Crippen LogP contribution in [0.5, 0.6) is 0 Å². The van der Waals surface area contributed by atoms with E-state index >= 15 is 0 Å². The van der Waals surface area contributed by atoms with Gasteiger partial charge in [0.2, 0.25) is 5.91 Å². The van der Waals surface area contributed by atoms with Gasteiger partial charge in [0.05, 0.1) is 6.04 Å². The molecule has 0 spiro atoms. The molecule has 1 amide bonds. The van der Waals surface area contributed by atoms with Crippen LogP contribution in [-0.4, -0.2) is 16.8 Å². The van der Waals surface area contributed by atoms with Crippen LogP contribution in [0.4, 0.5) is 0 Å². The van der Waals surface area contributed by atoms with E-state index in [4.69, 9.17) is 0 Å². The molecule has 1 unspecified atom stereocenters. The molecule has 1 aliphatic heterocycles. The molecule has 2 nitrogen and oxygen atoms in total. The van der Waals surface area contributed by atoms with Crippen LogP contribution in [0.3, 0.4) is 0 Å². The fourth-order valence-corrected chi connectivity index (χ4v) is 1.67. The van der Waals surface area contributed by atoms with Crippen molar-refractivity contribution in [3.8, 4) is 0 Å². The van der Waals surface area contributed by atoms with Gasteiger partial charge in [0.1, 0.15) is 0 Å². The predicted molar refractivity (Wildman–Crippen MR) is 47.3 cm³/mol. The zero-order chi connectivity index (χ0) is 8.55. The van der Waals surface area contributed by atoms with Gasteiger partial charge in [0.25, 0.3) is 0 Å². The number of nitrogens with zero attached hydrogens (tertiary/aromatic N) is 1. The van der Waals surface area contributed by atoms with Crippen LogP contribution in [0.1, 0.15) is 13.3 Å². The van der Waals surface area contributed by atoms with Crippen molar-refractivity contribution in [2.24, 2.45) is 0 Å². The third-order valence-corrected chi connectivity index (χ3v) is 2.30. The van der Waals surface area contributed by atoms with Crippen LogP contribution >= 0.6 is 0 Å². The number of rotatable bonds is 0. The van der Waals surface area contributed by atoms with E-state index in [2.05, 4.69) is 12.2 Å². The lowest BCUT2D eigenvalue weighted by molar-refractivity contribution is -0.127. The van der Waals surface area contributed by atoms with Gasteiger partial charge < -0.3 is 4.90 Å². The van der Waals surface area contributed by atoms with Gasteiger partial charge in [-0.2, -0.15) is 0 Å². The SMILES string of the molecule is CC(=O)N1C=CC2=CC=CCC21. The van der Waals surface area contributed by atoms with E-state index < -0.39 is 0 Å². The molecule has 1 atom stereocenters. The number of allylic oxidation sites excluding steroid dienone is 2. The predicted octanol–water partition coefficient (Wildman–Crippen LogP) is 1.62. The first-order valence-electron chi connectivity index (χ1n) is 4.13. The molecule has 0 saturated carbocycles. The molecule has 0 N–H and O–H groups in total. The van der Waals surface area contributed by atoms with Crippen LogP contribution in [-0.2, 0) is 4.79 Å². The lowest BCUT2D eigenvalue weighted by Crippen LogP contribution is -2.32. The van der Waals surface area contributed by atoms with Gasteiger partial charge in [0, 0.05) is 13.1 Å². The zero-order valence-electron chi connectivity index (χ0n) is 7.03. The summed E-state index contributed by atoms with van der Waals surface area (Å²) in [6.07, 6.45) is 11.0. The number of carbonyl (C=O) groups excluding carboxylic acids is 1. The Hall–Kier alpha value is -1.31.